The zero-order valence-corrected chi connectivity index (χ0v) is 19.0. The molecular weight excluding hydrogens is 396 g/mol. The van der Waals surface area contributed by atoms with Gasteiger partial charge in [-0.1, -0.05) is 44.9 Å². The summed E-state index contributed by atoms with van der Waals surface area (Å²) < 4.78 is 10.2. The van der Waals surface area contributed by atoms with Gasteiger partial charge in [0.15, 0.2) is 0 Å². The van der Waals surface area contributed by atoms with E-state index >= 15 is 0 Å². The highest BCUT2D eigenvalue weighted by atomic mass is 16.5. The van der Waals surface area contributed by atoms with Crippen LogP contribution in [0.25, 0.3) is 0 Å². The van der Waals surface area contributed by atoms with Crippen molar-refractivity contribution in [2.75, 3.05) is 27.4 Å². The van der Waals surface area contributed by atoms with Crippen molar-refractivity contribution in [2.24, 2.45) is 5.92 Å². The van der Waals surface area contributed by atoms with Gasteiger partial charge < -0.3 is 19.7 Å². The number of methoxy groups -OCH3 is 2. The Morgan fingerprint density at radius 3 is 2.48 bits per heavy atom. The minimum atomic E-state index is -0.715. The third kappa shape index (κ3) is 4.47. The molecule has 170 valence electrons. The smallest absolute Gasteiger partial charge is 0.328 e. The van der Waals surface area contributed by atoms with Gasteiger partial charge in [0, 0.05) is 19.2 Å². The van der Waals surface area contributed by atoms with Gasteiger partial charge in [0.1, 0.15) is 6.04 Å². The van der Waals surface area contributed by atoms with Crippen LogP contribution in [0, 0.1) is 5.92 Å². The van der Waals surface area contributed by atoms with E-state index in [-0.39, 0.29) is 17.7 Å². The number of ether oxygens (including phenoxy) is 2. The van der Waals surface area contributed by atoms with Crippen molar-refractivity contribution in [1.82, 2.24) is 10.2 Å². The van der Waals surface area contributed by atoms with Crippen LogP contribution in [0.15, 0.2) is 24.3 Å². The van der Waals surface area contributed by atoms with E-state index in [1.807, 2.05) is 36.9 Å². The summed E-state index contributed by atoms with van der Waals surface area (Å²) in [5, 5.41) is 2.97. The van der Waals surface area contributed by atoms with Gasteiger partial charge in [-0.05, 0) is 36.8 Å². The van der Waals surface area contributed by atoms with Crippen molar-refractivity contribution in [2.45, 2.75) is 63.5 Å². The van der Waals surface area contributed by atoms with Crippen LogP contribution in [-0.4, -0.2) is 61.6 Å². The van der Waals surface area contributed by atoms with Crippen molar-refractivity contribution >= 4 is 17.8 Å². The largest absolute Gasteiger partial charge is 0.467 e. The number of hydrogen-bond donors (Lipinski definition) is 1. The number of hydrogen-bond acceptors (Lipinski definition) is 5. The van der Waals surface area contributed by atoms with E-state index in [9.17, 15) is 14.4 Å². The summed E-state index contributed by atoms with van der Waals surface area (Å²) in [6.45, 7) is 4.84. The molecule has 0 saturated heterocycles. The second-order valence-corrected chi connectivity index (χ2v) is 8.99. The molecule has 1 aliphatic heterocycles. The third-order valence-corrected chi connectivity index (χ3v) is 6.58. The normalized spacial score (nSPS) is 20.6. The highest BCUT2D eigenvalue weighted by Gasteiger charge is 2.55. The molecule has 1 aromatic carbocycles. The van der Waals surface area contributed by atoms with Gasteiger partial charge in [-0.15, -0.1) is 0 Å². The zero-order valence-electron chi connectivity index (χ0n) is 19.0. The van der Waals surface area contributed by atoms with Crippen LogP contribution in [0.4, 0.5) is 0 Å². The van der Waals surface area contributed by atoms with E-state index in [4.69, 9.17) is 9.47 Å². The molecule has 1 N–H and O–H groups in total. The zero-order chi connectivity index (χ0) is 22.6. The molecule has 2 amide bonds. The van der Waals surface area contributed by atoms with Crippen LogP contribution in [0.5, 0.6) is 0 Å². The molecule has 0 bridgehead atoms. The average molecular weight is 431 g/mol. The fourth-order valence-corrected chi connectivity index (χ4v) is 5.26. The molecule has 1 aromatic rings. The molecule has 2 aliphatic rings. The van der Waals surface area contributed by atoms with Crippen LogP contribution in [0.3, 0.4) is 0 Å². The fourth-order valence-electron chi connectivity index (χ4n) is 5.26. The molecule has 1 heterocycles. The molecule has 1 saturated carbocycles. The minimum absolute atomic E-state index is 0.0506. The van der Waals surface area contributed by atoms with Crippen LogP contribution in [-0.2, 0) is 19.1 Å². The van der Waals surface area contributed by atoms with Crippen LogP contribution >= 0.6 is 0 Å². The lowest BCUT2D eigenvalue weighted by Crippen LogP contribution is -2.62. The Morgan fingerprint density at radius 2 is 1.87 bits per heavy atom. The van der Waals surface area contributed by atoms with Crippen LogP contribution < -0.4 is 5.32 Å². The molecular formula is C24H34N2O5. The molecule has 1 aliphatic carbocycles. The molecule has 31 heavy (non-hydrogen) atoms. The van der Waals surface area contributed by atoms with Gasteiger partial charge in [-0.3, -0.25) is 9.59 Å². The standard InChI is InChI=1S/C24H34N2O5/c1-16(2)15-19(23(29)31-4)25-21(27)20-17-9-5-6-10-18(17)22(28)26(13-14-30-3)24(20)11-7-8-12-24/h5-6,9-10,16,19-20H,7-8,11-15H2,1-4H3,(H,25,27). The number of nitrogens with zero attached hydrogens (tertiary/aromatic N) is 1. The van der Waals surface area contributed by atoms with Crippen LogP contribution in [0.1, 0.15) is 67.8 Å². The van der Waals surface area contributed by atoms with Gasteiger partial charge in [0.2, 0.25) is 5.91 Å². The molecule has 2 atom stereocenters. The van der Waals surface area contributed by atoms with Crippen LogP contribution in [0.2, 0.25) is 0 Å². The second-order valence-electron chi connectivity index (χ2n) is 8.99. The summed E-state index contributed by atoms with van der Waals surface area (Å²) in [6, 6.07) is 6.63. The highest BCUT2D eigenvalue weighted by Crippen LogP contribution is 2.50. The number of carbonyl (C=O) groups excluding carboxylic acids is 3. The topological polar surface area (TPSA) is 84.9 Å². The maximum absolute atomic E-state index is 13.8. The molecule has 7 heteroatoms. The highest BCUT2D eigenvalue weighted by molar-refractivity contribution is 6.02. The Balaban J connectivity index is 2.04. The number of benzene rings is 1. The lowest BCUT2D eigenvalue weighted by molar-refractivity contribution is -0.146. The van der Waals surface area contributed by atoms with E-state index in [0.29, 0.717) is 25.1 Å². The number of nitrogens with one attached hydrogen (secondary N) is 1. The van der Waals surface area contributed by atoms with Crippen molar-refractivity contribution in [3.63, 3.8) is 0 Å². The predicted octanol–water partition coefficient (Wildman–Crippen LogP) is 2.89. The molecule has 2 unspecified atom stereocenters. The first-order valence-electron chi connectivity index (χ1n) is 11.1. The SMILES string of the molecule is COCCN1C(=O)c2ccccc2C(C(=O)NC(CC(C)C)C(=O)OC)C12CCCC2. The summed E-state index contributed by atoms with van der Waals surface area (Å²) in [7, 11) is 2.95. The van der Waals surface area contributed by atoms with Crippen molar-refractivity contribution in [3.8, 4) is 0 Å². The van der Waals surface area contributed by atoms with E-state index in [1.165, 1.54) is 7.11 Å². The summed E-state index contributed by atoms with van der Waals surface area (Å²) in [5.74, 6) is -1.05. The first-order valence-corrected chi connectivity index (χ1v) is 11.1. The number of rotatable bonds is 8. The number of esters is 1. The quantitative estimate of drug-likeness (QED) is 0.641. The van der Waals surface area contributed by atoms with Gasteiger partial charge in [0.25, 0.3) is 5.91 Å². The third-order valence-electron chi connectivity index (χ3n) is 6.58. The molecule has 3 rings (SSSR count). The Labute approximate surface area is 184 Å². The Hall–Kier alpha value is -2.41. The minimum Gasteiger partial charge on any atom is -0.467 e. The van der Waals surface area contributed by atoms with E-state index in [1.54, 1.807) is 13.2 Å². The van der Waals surface area contributed by atoms with Gasteiger partial charge in [0.05, 0.1) is 25.2 Å². The van der Waals surface area contributed by atoms with Gasteiger partial charge in [-0.2, -0.15) is 0 Å². The lowest BCUT2D eigenvalue weighted by Gasteiger charge is -2.50. The van der Waals surface area contributed by atoms with Gasteiger partial charge in [-0.25, -0.2) is 4.79 Å². The number of amides is 2. The first kappa shape index (κ1) is 23.3. The van der Waals surface area contributed by atoms with Crippen molar-refractivity contribution in [3.05, 3.63) is 35.4 Å². The summed E-state index contributed by atoms with van der Waals surface area (Å²) >= 11 is 0. The Kier molecular flexibility index (Phi) is 7.36. The molecule has 0 radical (unpaired) electrons. The monoisotopic (exact) mass is 430 g/mol. The molecule has 7 nitrogen and oxygen atoms in total. The summed E-state index contributed by atoms with van der Waals surface area (Å²) in [4.78, 5) is 41.4. The number of fused-ring (bicyclic) bond motifs is 1. The Bertz CT molecular complexity index is 816. The summed E-state index contributed by atoms with van der Waals surface area (Å²) in [6.07, 6.45) is 3.90. The Morgan fingerprint density at radius 1 is 1.19 bits per heavy atom. The molecule has 1 spiro atoms. The number of carbonyl (C=O) groups is 3. The molecule has 0 aromatic heterocycles. The first-order chi connectivity index (χ1) is 14.9. The predicted molar refractivity (Wildman–Crippen MR) is 117 cm³/mol. The van der Waals surface area contributed by atoms with Crippen molar-refractivity contribution in [1.29, 1.82) is 0 Å². The fraction of sp³-hybridized carbons (Fsp3) is 0.625. The van der Waals surface area contributed by atoms with Crippen molar-refractivity contribution < 1.29 is 23.9 Å². The van der Waals surface area contributed by atoms with Gasteiger partial charge >= 0.3 is 5.97 Å². The molecule has 1 fully saturated rings. The summed E-state index contributed by atoms with van der Waals surface area (Å²) in [5.41, 5.74) is 0.690. The maximum Gasteiger partial charge on any atom is 0.328 e. The van der Waals surface area contributed by atoms with E-state index < -0.39 is 23.5 Å². The average Bonchev–Trinajstić information content (AvgIpc) is 3.22. The van der Waals surface area contributed by atoms with E-state index in [2.05, 4.69) is 5.32 Å². The lowest BCUT2D eigenvalue weighted by atomic mass is 9.71. The second kappa shape index (κ2) is 9.81. The van der Waals surface area contributed by atoms with E-state index in [0.717, 1.165) is 31.2 Å². The maximum atomic E-state index is 13.8.